The van der Waals surface area contributed by atoms with Gasteiger partial charge in [0.05, 0.1) is 5.69 Å². The number of ether oxygens (including phenoxy) is 1. The number of para-hydroxylation sites is 3. The summed E-state index contributed by atoms with van der Waals surface area (Å²) >= 11 is 0. The molecule has 0 saturated heterocycles. The first-order chi connectivity index (χ1) is 13.3. The zero-order valence-corrected chi connectivity index (χ0v) is 15.3. The third-order valence-electron chi connectivity index (χ3n) is 3.95. The maximum Gasteiger partial charge on any atom is 0.269 e. The van der Waals surface area contributed by atoms with Crippen LogP contribution in [0.2, 0.25) is 0 Å². The third-order valence-corrected chi connectivity index (χ3v) is 3.95. The summed E-state index contributed by atoms with van der Waals surface area (Å²) in [5.41, 5.74) is 1.97. The molecule has 0 unspecified atom stereocenters. The molecule has 1 amide bonds. The Kier molecular flexibility index (Phi) is 6.41. The summed E-state index contributed by atoms with van der Waals surface area (Å²) in [4.78, 5) is 16.4. The van der Waals surface area contributed by atoms with E-state index in [1.165, 1.54) is 0 Å². The Hall–Kier alpha value is -3.34. The van der Waals surface area contributed by atoms with Gasteiger partial charge >= 0.3 is 0 Å². The lowest BCUT2D eigenvalue weighted by Crippen LogP contribution is -2.25. The fraction of sp³-hybridized carbons (Fsp3) is 0.182. The monoisotopic (exact) mass is 361 g/mol. The van der Waals surface area contributed by atoms with Crippen molar-refractivity contribution in [1.82, 2.24) is 10.3 Å². The topological polar surface area (TPSA) is 63.2 Å². The summed E-state index contributed by atoms with van der Waals surface area (Å²) in [5, 5.41) is 6.19. The molecule has 0 fully saturated rings. The summed E-state index contributed by atoms with van der Waals surface area (Å²) in [6.45, 7) is 2.74. The fourth-order valence-corrected chi connectivity index (χ4v) is 2.53. The summed E-state index contributed by atoms with van der Waals surface area (Å²) in [7, 11) is 0. The number of anilines is 2. The number of aromatic nitrogens is 1. The second kappa shape index (κ2) is 9.38. The first kappa shape index (κ1) is 18.5. The molecule has 5 nitrogen and oxygen atoms in total. The normalized spacial score (nSPS) is 10.3. The van der Waals surface area contributed by atoms with Crippen molar-refractivity contribution in [3.05, 3.63) is 78.6 Å². The first-order valence-corrected chi connectivity index (χ1v) is 9.09. The van der Waals surface area contributed by atoms with Crippen LogP contribution in [-0.2, 0) is 0 Å². The lowest BCUT2D eigenvalue weighted by atomic mass is 10.2. The minimum atomic E-state index is -0.166. The molecule has 1 heterocycles. The fourth-order valence-electron chi connectivity index (χ4n) is 2.53. The van der Waals surface area contributed by atoms with E-state index in [1.54, 1.807) is 12.3 Å². The number of hydrogen-bond donors (Lipinski definition) is 2. The predicted octanol–water partition coefficient (Wildman–Crippen LogP) is 5.15. The van der Waals surface area contributed by atoms with E-state index in [4.69, 9.17) is 4.74 Å². The molecule has 2 N–H and O–H groups in total. The van der Waals surface area contributed by atoms with Gasteiger partial charge in [-0.2, -0.15) is 0 Å². The van der Waals surface area contributed by atoms with Crippen molar-refractivity contribution in [3.8, 4) is 11.5 Å². The number of carbonyl (C=O) groups is 1. The molecule has 0 bridgehead atoms. The number of hydrogen-bond acceptors (Lipinski definition) is 4. The highest BCUT2D eigenvalue weighted by atomic mass is 16.5. The second-order valence-electron chi connectivity index (χ2n) is 6.08. The van der Waals surface area contributed by atoms with Gasteiger partial charge in [0.1, 0.15) is 11.4 Å². The molecule has 5 heteroatoms. The molecule has 0 aliphatic carbocycles. The molecular weight excluding hydrogens is 338 g/mol. The van der Waals surface area contributed by atoms with Crippen LogP contribution in [0.25, 0.3) is 0 Å². The number of rotatable bonds is 8. The third kappa shape index (κ3) is 5.31. The van der Waals surface area contributed by atoms with E-state index in [1.807, 2.05) is 60.7 Å². The van der Waals surface area contributed by atoms with Crippen LogP contribution in [0.5, 0.6) is 11.5 Å². The molecule has 27 heavy (non-hydrogen) atoms. The van der Waals surface area contributed by atoms with E-state index >= 15 is 0 Å². The van der Waals surface area contributed by atoms with Crippen molar-refractivity contribution in [2.75, 3.05) is 11.9 Å². The standard InChI is InChI=1S/C22H23N3O2/c1-2-3-14-24-22(26)20-16-17(13-15-23-20)25-19-11-7-8-12-21(19)27-18-9-5-4-6-10-18/h4-13,15-16H,2-3,14H2,1H3,(H,23,25)(H,24,26). The number of unbranched alkanes of at least 4 members (excludes halogenated alkanes) is 1. The lowest BCUT2D eigenvalue weighted by molar-refractivity contribution is 0.0948. The summed E-state index contributed by atoms with van der Waals surface area (Å²) in [6, 6.07) is 20.8. The minimum absolute atomic E-state index is 0.166. The smallest absolute Gasteiger partial charge is 0.269 e. The van der Waals surface area contributed by atoms with Crippen molar-refractivity contribution in [2.24, 2.45) is 0 Å². The Morgan fingerprint density at radius 3 is 2.63 bits per heavy atom. The number of pyridine rings is 1. The zero-order chi connectivity index (χ0) is 18.9. The molecule has 0 aliphatic heterocycles. The Morgan fingerprint density at radius 1 is 1.04 bits per heavy atom. The quantitative estimate of drug-likeness (QED) is 0.545. The van der Waals surface area contributed by atoms with E-state index < -0.39 is 0 Å². The number of carbonyl (C=O) groups excluding carboxylic acids is 1. The molecule has 0 atom stereocenters. The second-order valence-corrected chi connectivity index (χ2v) is 6.08. The molecule has 138 valence electrons. The number of nitrogens with zero attached hydrogens (tertiary/aromatic N) is 1. The molecule has 0 spiro atoms. The molecular formula is C22H23N3O2. The molecule has 3 aromatic rings. The van der Waals surface area contributed by atoms with Gasteiger partial charge in [0.25, 0.3) is 5.91 Å². The number of nitrogens with one attached hydrogen (secondary N) is 2. The van der Waals surface area contributed by atoms with E-state index in [2.05, 4.69) is 22.5 Å². The SMILES string of the molecule is CCCCNC(=O)c1cc(Nc2ccccc2Oc2ccccc2)ccn1. The van der Waals surface area contributed by atoms with Gasteiger partial charge in [-0.25, -0.2) is 0 Å². The van der Waals surface area contributed by atoms with Gasteiger partial charge in [-0.3, -0.25) is 9.78 Å². The van der Waals surface area contributed by atoms with Gasteiger partial charge in [-0.05, 0) is 42.8 Å². The Balaban J connectivity index is 1.74. The highest BCUT2D eigenvalue weighted by Crippen LogP contribution is 2.31. The highest BCUT2D eigenvalue weighted by molar-refractivity contribution is 5.93. The Morgan fingerprint density at radius 2 is 1.81 bits per heavy atom. The first-order valence-electron chi connectivity index (χ1n) is 9.09. The average molecular weight is 361 g/mol. The highest BCUT2D eigenvalue weighted by Gasteiger charge is 2.09. The predicted molar refractivity (Wildman–Crippen MR) is 108 cm³/mol. The summed E-state index contributed by atoms with van der Waals surface area (Å²) < 4.78 is 5.97. The van der Waals surface area contributed by atoms with Crippen LogP contribution in [0.1, 0.15) is 30.3 Å². The molecule has 3 rings (SSSR count). The molecule has 0 saturated carbocycles. The summed E-state index contributed by atoms with van der Waals surface area (Å²) in [6.07, 6.45) is 3.61. The average Bonchev–Trinajstić information content (AvgIpc) is 2.71. The molecule has 1 aromatic heterocycles. The molecule has 0 radical (unpaired) electrons. The van der Waals surface area contributed by atoms with E-state index in [-0.39, 0.29) is 5.91 Å². The van der Waals surface area contributed by atoms with Crippen molar-refractivity contribution < 1.29 is 9.53 Å². The van der Waals surface area contributed by atoms with Gasteiger partial charge in [0.2, 0.25) is 0 Å². The largest absolute Gasteiger partial charge is 0.455 e. The van der Waals surface area contributed by atoms with Crippen LogP contribution in [0, 0.1) is 0 Å². The van der Waals surface area contributed by atoms with Crippen LogP contribution < -0.4 is 15.4 Å². The van der Waals surface area contributed by atoms with Crippen molar-refractivity contribution in [2.45, 2.75) is 19.8 Å². The Bertz CT molecular complexity index is 881. The molecule has 2 aromatic carbocycles. The van der Waals surface area contributed by atoms with Gasteiger partial charge in [-0.1, -0.05) is 43.7 Å². The number of benzene rings is 2. The van der Waals surface area contributed by atoms with Gasteiger partial charge < -0.3 is 15.4 Å². The van der Waals surface area contributed by atoms with Gasteiger partial charge in [0.15, 0.2) is 5.75 Å². The van der Waals surface area contributed by atoms with Crippen LogP contribution >= 0.6 is 0 Å². The lowest BCUT2D eigenvalue weighted by Gasteiger charge is -2.13. The van der Waals surface area contributed by atoms with Gasteiger partial charge in [-0.15, -0.1) is 0 Å². The van der Waals surface area contributed by atoms with Crippen LogP contribution in [-0.4, -0.2) is 17.4 Å². The maximum atomic E-state index is 12.2. The van der Waals surface area contributed by atoms with E-state index in [0.717, 1.165) is 30.0 Å². The molecule has 0 aliphatic rings. The summed E-state index contributed by atoms with van der Waals surface area (Å²) in [5.74, 6) is 1.30. The van der Waals surface area contributed by atoms with Crippen molar-refractivity contribution >= 4 is 17.3 Å². The van der Waals surface area contributed by atoms with E-state index in [0.29, 0.717) is 18.0 Å². The van der Waals surface area contributed by atoms with Crippen LogP contribution in [0.4, 0.5) is 11.4 Å². The van der Waals surface area contributed by atoms with Crippen LogP contribution in [0.15, 0.2) is 72.9 Å². The van der Waals surface area contributed by atoms with Crippen LogP contribution in [0.3, 0.4) is 0 Å². The van der Waals surface area contributed by atoms with E-state index in [9.17, 15) is 4.79 Å². The Labute approximate surface area is 159 Å². The van der Waals surface area contributed by atoms with Gasteiger partial charge in [0, 0.05) is 18.4 Å². The minimum Gasteiger partial charge on any atom is -0.455 e. The zero-order valence-electron chi connectivity index (χ0n) is 15.3. The number of amides is 1. The van der Waals surface area contributed by atoms with Crippen molar-refractivity contribution in [1.29, 1.82) is 0 Å². The maximum absolute atomic E-state index is 12.2. The van der Waals surface area contributed by atoms with Crippen molar-refractivity contribution in [3.63, 3.8) is 0 Å².